The summed E-state index contributed by atoms with van der Waals surface area (Å²) in [6.45, 7) is 12.0. The highest BCUT2D eigenvalue weighted by atomic mass is 16.6. The molecule has 0 radical (unpaired) electrons. The summed E-state index contributed by atoms with van der Waals surface area (Å²) in [5, 5.41) is 14.1. The summed E-state index contributed by atoms with van der Waals surface area (Å²) in [6.07, 6.45) is 5.99. The lowest BCUT2D eigenvalue weighted by molar-refractivity contribution is -0.385. The van der Waals surface area contributed by atoms with Gasteiger partial charge in [-0.3, -0.25) is 14.9 Å². The monoisotopic (exact) mass is 454 g/mol. The number of nitrogens with zero attached hydrogens (tertiary/aromatic N) is 3. The van der Waals surface area contributed by atoms with Crippen LogP contribution in [0.5, 0.6) is 0 Å². The highest BCUT2D eigenvalue weighted by Crippen LogP contribution is 2.32. The largest absolute Gasteiger partial charge is 0.356 e. The number of nitro groups is 1. The normalized spacial score (nSPS) is 11.1. The maximum absolute atomic E-state index is 13.0. The van der Waals surface area contributed by atoms with E-state index < -0.39 is 4.92 Å². The van der Waals surface area contributed by atoms with Crippen molar-refractivity contribution in [1.29, 1.82) is 0 Å². The molecule has 0 aliphatic rings. The first kappa shape index (κ1) is 26.3. The molecule has 0 unspecified atom stereocenters. The highest BCUT2D eigenvalue weighted by molar-refractivity contribution is 5.93. The van der Waals surface area contributed by atoms with Crippen molar-refractivity contribution in [2.24, 2.45) is 0 Å². The van der Waals surface area contributed by atoms with Gasteiger partial charge >= 0.3 is 0 Å². The molecule has 0 fully saturated rings. The van der Waals surface area contributed by atoms with E-state index in [1.807, 2.05) is 0 Å². The summed E-state index contributed by atoms with van der Waals surface area (Å²) in [5.41, 5.74) is 3.18. The molecule has 180 valence electrons. The van der Waals surface area contributed by atoms with Crippen LogP contribution in [0.15, 0.2) is 36.5 Å². The van der Waals surface area contributed by atoms with Crippen LogP contribution in [-0.2, 0) is 4.79 Å². The van der Waals surface area contributed by atoms with Gasteiger partial charge in [0.1, 0.15) is 12.0 Å². The van der Waals surface area contributed by atoms with Gasteiger partial charge in [-0.25, -0.2) is 4.98 Å². The van der Waals surface area contributed by atoms with E-state index in [0.29, 0.717) is 30.6 Å². The minimum atomic E-state index is -0.450. The van der Waals surface area contributed by atoms with Gasteiger partial charge in [-0.05, 0) is 35.4 Å². The SMILES string of the molecule is CCCCCCN(CCC(=O)Nc1c(C(C)C)cccc1C(C)C)c1ccc([N+](=O)[O-])cn1. The van der Waals surface area contributed by atoms with Crippen molar-refractivity contribution in [3.8, 4) is 0 Å². The number of benzene rings is 1. The molecular weight excluding hydrogens is 416 g/mol. The number of carbonyl (C=O) groups is 1. The summed E-state index contributed by atoms with van der Waals surface area (Å²) in [7, 11) is 0. The number of anilines is 2. The molecule has 0 bridgehead atoms. The van der Waals surface area contributed by atoms with Gasteiger partial charge in [-0.2, -0.15) is 0 Å². The summed E-state index contributed by atoms with van der Waals surface area (Å²) >= 11 is 0. The number of amides is 1. The van der Waals surface area contributed by atoms with Gasteiger partial charge in [-0.15, -0.1) is 0 Å². The molecule has 1 aromatic carbocycles. The van der Waals surface area contributed by atoms with Crippen molar-refractivity contribution in [1.82, 2.24) is 4.98 Å². The number of carbonyl (C=O) groups excluding carboxylic acids is 1. The summed E-state index contributed by atoms with van der Waals surface area (Å²) in [4.78, 5) is 29.8. The van der Waals surface area contributed by atoms with Crippen molar-refractivity contribution in [3.05, 3.63) is 57.8 Å². The molecule has 0 aliphatic heterocycles. The van der Waals surface area contributed by atoms with Gasteiger partial charge in [0.2, 0.25) is 5.91 Å². The Balaban J connectivity index is 2.13. The van der Waals surface area contributed by atoms with Crippen LogP contribution in [0.2, 0.25) is 0 Å². The Hall–Kier alpha value is -2.96. The van der Waals surface area contributed by atoms with E-state index in [-0.39, 0.29) is 11.6 Å². The predicted molar refractivity (Wildman–Crippen MR) is 135 cm³/mol. The van der Waals surface area contributed by atoms with E-state index in [2.05, 4.69) is 68.0 Å². The number of pyridine rings is 1. The lowest BCUT2D eigenvalue weighted by Gasteiger charge is -2.24. The number of rotatable bonds is 13. The second-order valence-electron chi connectivity index (χ2n) is 9.10. The van der Waals surface area contributed by atoms with E-state index >= 15 is 0 Å². The number of para-hydroxylation sites is 1. The first-order valence-electron chi connectivity index (χ1n) is 12.0. The Kier molecular flexibility index (Phi) is 10.3. The summed E-state index contributed by atoms with van der Waals surface area (Å²) in [5.74, 6) is 1.23. The number of nitrogens with one attached hydrogen (secondary N) is 1. The van der Waals surface area contributed by atoms with Crippen molar-refractivity contribution in [3.63, 3.8) is 0 Å². The number of hydrogen-bond donors (Lipinski definition) is 1. The predicted octanol–water partition coefficient (Wildman–Crippen LogP) is 6.65. The van der Waals surface area contributed by atoms with E-state index in [1.54, 1.807) is 6.07 Å². The van der Waals surface area contributed by atoms with E-state index in [4.69, 9.17) is 0 Å². The molecule has 0 saturated heterocycles. The second-order valence-corrected chi connectivity index (χ2v) is 9.10. The van der Waals surface area contributed by atoms with Gasteiger partial charge < -0.3 is 10.2 Å². The zero-order chi connectivity index (χ0) is 24.4. The van der Waals surface area contributed by atoms with Crippen LogP contribution in [0.4, 0.5) is 17.2 Å². The zero-order valence-corrected chi connectivity index (χ0v) is 20.6. The van der Waals surface area contributed by atoms with Crippen molar-refractivity contribution in [2.45, 2.75) is 78.6 Å². The molecule has 33 heavy (non-hydrogen) atoms. The van der Waals surface area contributed by atoms with E-state index in [1.165, 1.54) is 12.3 Å². The van der Waals surface area contributed by atoms with Gasteiger partial charge in [0.15, 0.2) is 0 Å². The van der Waals surface area contributed by atoms with Gasteiger partial charge in [0.05, 0.1) is 4.92 Å². The van der Waals surface area contributed by atoms with Crippen LogP contribution in [0.3, 0.4) is 0 Å². The molecule has 2 rings (SSSR count). The van der Waals surface area contributed by atoms with Crippen LogP contribution in [-0.4, -0.2) is 28.9 Å². The van der Waals surface area contributed by atoms with Crippen molar-refractivity contribution in [2.75, 3.05) is 23.3 Å². The Bertz CT molecular complexity index is 884. The molecule has 1 N–H and O–H groups in total. The number of unbranched alkanes of at least 4 members (excludes halogenated alkanes) is 3. The molecule has 0 aliphatic carbocycles. The smallest absolute Gasteiger partial charge is 0.287 e. The summed E-state index contributed by atoms with van der Waals surface area (Å²) in [6, 6.07) is 9.34. The first-order chi connectivity index (χ1) is 15.7. The van der Waals surface area contributed by atoms with Crippen LogP contribution in [0.25, 0.3) is 0 Å². The topological polar surface area (TPSA) is 88.4 Å². The molecule has 0 saturated carbocycles. The van der Waals surface area contributed by atoms with Gasteiger partial charge in [0.25, 0.3) is 5.69 Å². The molecule has 0 atom stereocenters. The van der Waals surface area contributed by atoms with Gasteiger partial charge in [0, 0.05) is 31.3 Å². The van der Waals surface area contributed by atoms with Crippen LogP contribution in [0.1, 0.15) is 89.7 Å². The molecule has 7 nitrogen and oxygen atoms in total. The quantitative estimate of drug-likeness (QED) is 0.208. The molecule has 1 heterocycles. The average Bonchev–Trinajstić information content (AvgIpc) is 2.78. The highest BCUT2D eigenvalue weighted by Gasteiger charge is 2.17. The molecule has 2 aromatic rings. The van der Waals surface area contributed by atoms with Crippen LogP contribution < -0.4 is 10.2 Å². The minimum absolute atomic E-state index is 0.0334. The molecular formula is C26H38N4O3. The third-order valence-corrected chi connectivity index (χ3v) is 5.79. The Labute approximate surface area is 197 Å². The average molecular weight is 455 g/mol. The molecule has 1 aromatic heterocycles. The fourth-order valence-corrected chi connectivity index (χ4v) is 3.88. The number of aromatic nitrogens is 1. The third kappa shape index (κ3) is 7.84. The molecule has 7 heteroatoms. The second kappa shape index (κ2) is 12.9. The Morgan fingerprint density at radius 1 is 1.03 bits per heavy atom. The lowest BCUT2D eigenvalue weighted by Crippen LogP contribution is -2.30. The minimum Gasteiger partial charge on any atom is -0.356 e. The fraction of sp³-hybridized carbons (Fsp3) is 0.538. The zero-order valence-electron chi connectivity index (χ0n) is 20.6. The standard InChI is InChI=1S/C26H38N4O3/c1-6-7-8-9-16-29(24-14-13-21(18-27-24)30(32)33)17-15-25(31)28-26-22(19(2)3)11-10-12-23(26)20(4)5/h10-14,18-20H,6-9,15-17H2,1-5H3,(H,28,31). The third-order valence-electron chi connectivity index (χ3n) is 5.79. The van der Waals surface area contributed by atoms with E-state index in [9.17, 15) is 14.9 Å². The Morgan fingerprint density at radius 2 is 1.70 bits per heavy atom. The fourth-order valence-electron chi connectivity index (χ4n) is 3.88. The van der Waals surface area contributed by atoms with Crippen molar-refractivity contribution >= 4 is 23.1 Å². The number of hydrogen-bond acceptors (Lipinski definition) is 5. The maximum atomic E-state index is 13.0. The maximum Gasteiger partial charge on any atom is 0.287 e. The van der Waals surface area contributed by atoms with Crippen molar-refractivity contribution < 1.29 is 9.72 Å². The Morgan fingerprint density at radius 3 is 2.21 bits per heavy atom. The molecule has 1 amide bonds. The van der Waals surface area contributed by atoms with Gasteiger partial charge in [-0.1, -0.05) is 72.1 Å². The lowest BCUT2D eigenvalue weighted by atomic mass is 9.92. The van der Waals surface area contributed by atoms with Crippen LogP contribution >= 0.6 is 0 Å². The first-order valence-corrected chi connectivity index (χ1v) is 12.0. The van der Waals surface area contributed by atoms with Crippen LogP contribution in [0, 0.1) is 10.1 Å². The van der Waals surface area contributed by atoms with E-state index in [0.717, 1.165) is 49.0 Å². The molecule has 0 spiro atoms. The summed E-state index contributed by atoms with van der Waals surface area (Å²) < 4.78 is 0.